The number of rotatable bonds is 3. The number of nitrogens with zero attached hydrogens (tertiary/aromatic N) is 2. The van der Waals surface area contributed by atoms with Crippen molar-refractivity contribution in [2.24, 2.45) is 0 Å². The van der Waals surface area contributed by atoms with E-state index in [2.05, 4.69) is 22.1 Å². The van der Waals surface area contributed by atoms with Gasteiger partial charge in [0.2, 0.25) is 0 Å². The number of imidazole rings is 1. The molecule has 0 spiro atoms. The summed E-state index contributed by atoms with van der Waals surface area (Å²) < 4.78 is 39.7. The molecule has 1 heterocycles. The summed E-state index contributed by atoms with van der Waals surface area (Å²) in [5.41, 5.74) is 0.593. The Labute approximate surface area is 153 Å². The van der Waals surface area contributed by atoms with Crippen molar-refractivity contribution in [1.82, 2.24) is 14.9 Å². The van der Waals surface area contributed by atoms with Crippen LogP contribution in [-0.4, -0.2) is 22.0 Å². The topological polar surface area (TPSA) is 46.9 Å². The summed E-state index contributed by atoms with van der Waals surface area (Å²) in [6.07, 6.45) is -1.46. The van der Waals surface area contributed by atoms with Crippen LogP contribution in [0.25, 0.3) is 5.69 Å². The number of carbonyl (C=O) groups is 1. The molecule has 3 rings (SSSR count). The van der Waals surface area contributed by atoms with Crippen molar-refractivity contribution >= 4 is 5.91 Å². The lowest BCUT2D eigenvalue weighted by Crippen LogP contribution is -2.25. The predicted octanol–water partition coefficient (Wildman–Crippen LogP) is 3.67. The summed E-state index contributed by atoms with van der Waals surface area (Å²) in [6.45, 7) is -0.00491. The van der Waals surface area contributed by atoms with E-state index < -0.39 is 11.7 Å². The third kappa shape index (κ3) is 4.55. The molecule has 0 aliphatic rings. The second-order valence-corrected chi connectivity index (χ2v) is 5.55. The lowest BCUT2D eigenvalue weighted by atomic mass is 10.1. The first-order valence-electron chi connectivity index (χ1n) is 7.97. The van der Waals surface area contributed by atoms with E-state index in [9.17, 15) is 18.0 Å². The van der Waals surface area contributed by atoms with E-state index in [0.29, 0.717) is 5.69 Å². The molecule has 3 aromatic rings. The number of nitrogens with one attached hydrogen (secondary N) is 1. The minimum absolute atomic E-state index is 0.00491. The van der Waals surface area contributed by atoms with E-state index in [-0.39, 0.29) is 18.0 Å². The van der Waals surface area contributed by atoms with Crippen LogP contribution in [0.3, 0.4) is 0 Å². The molecule has 0 fully saturated rings. The number of hydrogen-bond donors (Lipinski definition) is 1. The van der Waals surface area contributed by atoms with Crippen molar-refractivity contribution in [3.05, 3.63) is 83.9 Å². The molecule has 1 N–H and O–H groups in total. The quantitative estimate of drug-likeness (QED) is 0.716. The van der Waals surface area contributed by atoms with Crippen molar-refractivity contribution in [2.45, 2.75) is 6.18 Å². The van der Waals surface area contributed by atoms with Gasteiger partial charge in [0.15, 0.2) is 0 Å². The zero-order chi connectivity index (χ0) is 19.3. The van der Waals surface area contributed by atoms with Gasteiger partial charge >= 0.3 is 6.18 Å². The molecule has 2 aromatic carbocycles. The highest BCUT2D eigenvalue weighted by Crippen LogP contribution is 2.29. The molecule has 136 valence electrons. The van der Waals surface area contributed by atoms with Gasteiger partial charge in [-0.1, -0.05) is 36.1 Å². The number of halogens is 3. The summed E-state index contributed by atoms with van der Waals surface area (Å²) in [4.78, 5) is 16.3. The van der Waals surface area contributed by atoms with Gasteiger partial charge in [-0.25, -0.2) is 4.98 Å². The second-order valence-electron chi connectivity index (χ2n) is 5.55. The predicted molar refractivity (Wildman–Crippen MR) is 94.2 cm³/mol. The summed E-state index contributed by atoms with van der Waals surface area (Å²) in [5, 5.41) is 2.61. The molecule has 1 aromatic heterocycles. The first-order valence-corrected chi connectivity index (χ1v) is 7.97. The number of carbonyl (C=O) groups excluding carboxylic acids is 1. The Balaban J connectivity index is 1.66. The molecular formula is C20H14F3N3O. The van der Waals surface area contributed by atoms with E-state index >= 15 is 0 Å². The normalized spacial score (nSPS) is 10.8. The Kier molecular flexibility index (Phi) is 5.27. The maximum Gasteiger partial charge on any atom is 0.416 e. The maximum absolute atomic E-state index is 12.7. The van der Waals surface area contributed by atoms with Crippen LogP contribution in [0.1, 0.15) is 21.6 Å². The Morgan fingerprint density at radius 3 is 2.63 bits per heavy atom. The summed E-state index contributed by atoms with van der Waals surface area (Å²) >= 11 is 0. The monoisotopic (exact) mass is 369 g/mol. The number of aromatic nitrogens is 2. The van der Waals surface area contributed by atoms with Crippen LogP contribution in [0.5, 0.6) is 0 Å². The lowest BCUT2D eigenvalue weighted by molar-refractivity contribution is -0.137. The molecular weight excluding hydrogens is 355 g/mol. The number of alkyl halides is 3. The molecule has 0 saturated heterocycles. The van der Waals surface area contributed by atoms with Crippen LogP contribution in [0, 0.1) is 11.8 Å². The molecule has 0 bridgehead atoms. The summed E-state index contributed by atoms with van der Waals surface area (Å²) in [5.74, 6) is 4.89. The largest absolute Gasteiger partial charge is 0.416 e. The van der Waals surface area contributed by atoms with Crippen molar-refractivity contribution < 1.29 is 18.0 Å². The smallest absolute Gasteiger partial charge is 0.340 e. The van der Waals surface area contributed by atoms with Crippen molar-refractivity contribution in [3.8, 4) is 17.5 Å². The molecule has 1 amide bonds. The molecule has 7 heteroatoms. The van der Waals surface area contributed by atoms with E-state index in [1.54, 1.807) is 4.57 Å². The van der Waals surface area contributed by atoms with E-state index in [1.807, 2.05) is 30.3 Å². The van der Waals surface area contributed by atoms with Gasteiger partial charge in [-0.2, -0.15) is 13.2 Å². The van der Waals surface area contributed by atoms with Crippen LogP contribution in [0.15, 0.2) is 67.1 Å². The number of benzene rings is 2. The standard InChI is InChI=1S/C20H14F3N3O/c21-20(22,23)16-8-4-6-15(12-16)7-5-11-25-19(27)18-13-24-14-26(18)17-9-2-1-3-10-17/h1-4,6,8-10,12-14H,11H2,(H,25,27). The second kappa shape index (κ2) is 7.79. The van der Waals surface area contributed by atoms with E-state index in [4.69, 9.17) is 0 Å². The number of para-hydroxylation sites is 1. The van der Waals surface area contributed by atoms with Crippen molar-refractivity contribution in [2.75, 3.05) is 6.54 Å². The molecule has 0 unspecified atom stereocenters. The molecule has 0 saturated carbocycles. The fourth-order valence-corrected chi connectivity index (χ4v) is 2.39. The third-order valence-corrected chi connectivity index (χ3v) is 3.67. The zero-order valence-electron chi connectivity index (χ0n) is 14.0. The summed E-state index contributed by atoms with van der Waals surface area (Å²) in [7, 11) is 0. The average molecular weight is 369 g/mol. The minimum atomic E-state index is -4.41. The van der Waals surface area contributed by atoms with Crippen LogP contribution < -0.4 is 5.32 Å². The van der Waals surface area contributed by atoms with Crippen LogP contribution in [0.2, 0.25) is 0 Å². The number of amides is 1. The first kappa shape index (κ1) is 18.3. The molecule has 0 radical (unpaired) electrons. The summed E-state index contributed by atoms with van der Waals surface area (Å²) in [6, 6.07) is 14.0. The SMILES string of the molecule is O=C(NCC#Cc1cccc(C(F)(F)F)c1)c1cncn1-c1ccccc1. The van der Waals surface area contributed by atoms with Gasteiger partial charge in [-0.05, 0) is 30.3 Å². The lowest BCUT2D eigenvalue weighted by Gasteiger charge is -2.07. The van der Waals surface area contributed by atoms with Gasteiger partial charge in [-0.15, -0.1) is 0 Å². The minimum Gasteiger partial charge on any atom is -0.340 e. The Bertz CT molecular complexity index is 998. The van der Waals surface area contributed by atoms with Gasteiger partial charge in [0.25, 0.3) is 5.91 Å². The Morgan fingerprint density at radius 2 is 1.89 bits per heavy atom. The highest BCUT2D eigenvalue weighted by atomic mass is 19.4. The van der Waals surface area contributed by atoms with Crippen LogP contribution in [-0.2, 0) is 6.18 Å². The molecule has 0 aliphatic heterocycles. The van der Waals surface area contributed by atoms with E-state index in [1.165, 1.54) is 24.7 Å². The molecule has 0 aliphatic carbocycles. The third-order valence-electron chi connectivity index (χ3n) is 3.67. The van der Waals surface area contributed by atoms with Gasteiger partial charge in [0.1, 0.15) is 5.69 Å². The van der Waals surface area contributed by atoms with Crippen molar-refractivity contribution in [3.63, 3.8) is 0 Å². The maximum atomic E-state index is 12.7. The average Bonchev–Trinajstić information content (AvgIpc) is 3.15. The fraction of sp³-hybridized carbons (Fsp3) is 0.100. The number of hydrogen-bond acceptors (Lipinski definition) is 2. The molecule has 27 heavy (non-hydrogen) atoms. The Morgan fingerprint density at radius 1 is 1.11 bits per heavy atom. The van der Waals surface area contributed by atoms with Crippen LogP contribution in [0.4, 0.5) is 13.2 Å². The Hall–Kier alpha value is -3.53. The van der Waals surface area contributed by atoms with Gasteiger partial charge in [0, 0.05) is 11.3 Å². The zero-order valence-corrected chi connectivity index (χ0v) is 14.0. The highest BCUT2D eigenvalue weighted by molar-refractivity contribution is 5.93. The van der Waals surface area contributed by atoms with Gasteiger partial charge in [0.05, 0.1) is 24.6 Å². The first-order chi connectivity index (χ1) is 12.9. The highest BCUT2D eigenvalue weighted by Gasteiger charge is 2.30. The van der Waals surface area contributed by atoms with Crippen LogP contribution >= 0.6 is 0 Å². The fourth-order valence-electron chi connectivity index (χ4n) is 2.39. The van der Waals surface area contributed by atoms with Gasteiger partial charge in [-0.3, -0.25) is 9.36 Å². The van der Waals surface area contributed by atoms with Crippen molar-refractivity contribution in [1.29, 1.82) is 0 Å². The van der Waals surface area contributed by atoms with E-state index in [0.717, 1.165) is 17.8 Å². The van der Waals surface area contributed by atoms with Gasteiger partial charge < -0.3 is 5.32 Å². The molecule has 0 atom stereocenters. The molecule has 4 nitrogen and oxygen atoms in total.